The number of non-ortho nitro benzene ring substituents is 1. The number of carbonyl (C=O) groups excluding carboxylic acids is 1. The lowest BCUT2D eigenvalue weighted by Gasteiger charge is -2.38. The molecule has 0 aliphatic heterocycles. The molecule has 120 valence electrons. The van der Waals surface area contributed by atoms with Crippen LogP contribution >= 0.6 is 0 Å². The third-order valence-corrected chi connectivity index (χ3v) is 4.74. The standard InChI is InChI=1S/C17H23NO4/c1-17(2,3)12-6-9-15(19)14(10-12)16(20)11-4-7-13(8-5-11)18(21)22/h4-5,7-8,12,14,16,20H,6,9-10H2,1-3H3/t12-,14+,16-/m0/s1. The molecule has 1 aliphatic rings. The Morgan fingerprint density at radius 2 is 1.86 bits per heavy atom. The highest BCUT2D eigenvalue weighted by Gasteiger charge is 2.38. The zero-order valence-electron chi connectivity index (χ0n) is 13.3. The number of hydrogen-bond donors (Lipinski definition) is 1. The maximum absolute atomic E-state index is 12.2. The summed E-state index contributed by atoms with van der Waals surface area (Å²) in [5, 5.41) is 21.2. The van der Waals surface area contributed by atoms with Crippen molar-refractivity contribution in [2.45, 2.75) is 46.1 Å². The maximum atomic E-state index is 12.2. The van der Waals surface area contributed by atoms with Crippen LogP contribution in [0.4, 0.5) is 5.69 Å². The summed E-state index contributed by atoms with van der Waals surface area (Å²) in [5.41, 5.74) is 0.658. The molecule has 0 saturated heterocycles. The fourth-order valence-corrected chi connectivity index (χ4v) is 3.17. The van der Waals surface area contributed by atoms with Gasteiger partial charge in [-0.25, -0.2) is 0 Å². The van der Waals surface area contributed by atoms with Gasteiger partial charge in [0.05, 0.1) is 11.0 Å². The van der Waals surface area contributed by atoms with Crippen LogP contribution in [0.3, 0.4) is 0 Å². The van der Waals surface area contributed by atoms with E-state index in [0.717, 1.165) is 6.42 Å². The first kappa shape index (κ1) is 16.6. The monoisotopic (exact) mass is 305 g/mol. The molecule has 0 aromatic heterocycles. The van der Waals surface area contributed by atoms with E-state index in [-0.39, 0.29) is 16.9 Å². The van der Waals surface area contributed by atoms with E-state index in [0.29, 0.717) is 24.3 Å². The van der Waals surface area contributed by atoms with Crippen molar-refractivity contribution in [2.24, 2.45) is 17.3 Å². The molecule has 5 nitrogen and oxygen atoms in total. The van der Waals surface area contributed by atoms with Gasteiger partial charge >= 0.3 is 0 Å². The SMILES string of the molecule is CC(C)(C)[C@H]1CCC(=O)[C@H]([C@@H](O)c2ccc([N+](=O)[O-])cc2)C1. The zero-order chi connectivity index (χ0) is 16.5. The van der Waals surface area contributed by atoms with Crippen molar-refractivity contribution in [2.75, 3.05) is 0 Å². The number of carbonyl (C=O) groups is 1. The summed E-state index contributed by atoms with van der Waals surface area (Å²) in [5.74, 6) is 0.0636. The van der Waals surface area contributed by atoms with Crippen molar-refractivity contribution < 1.29 is 14.8 Å². The predicted molar refractivity (Wildman–Crippen MR) is 83.3 cm³/mol. The van der Waals surface area contributed by atoms with Gasteiger partial charge in [0, 0.05) is 24.5 Å². The Balaban J connectivity index is 2.17. The van der Waals surface area contributed by atoms with E-state index in [4.69, 9.17) is 0 Å². The van der Waals surface area contributed by atoms with Crippen molar-refractivity contribution in [3.63, 3.8) is 0 Å². The molecule has 0 radical (unpaired) electrons. The first-order chi connectivity index (χ1) is 10.2. The highest BCUT2D eigenvalue weighted by Crippen LogP contribution is 2.42. The molecule has 5 heteroatoms. The second kappa shape index (κ2) is 6.16. The number of hydrogen-bond acceptors (Lipinski definition) is 4. The van der Waals surface area contributed by atoms with Gasteiger partial charge in [-0.1, -0.05) is 20.8 Å². The fourth-order valence-electron chi connectivity index (χ4n) is 3.17. The molecule has 0 bridgehead atoms. The Labute approximate surface area is 130 Å². The molecule has 1 fully saturated rings. The number of nitrogens with zero attached hydrogens (tertiary/aromatic N) is 1. The van der Waals surface area contributed by atoms with Gasteiger partial charge in [-0.3, -0.25) is 14.9 Å². The van der Waals surface area contributed by atoms with E-state index in [1.54, 1.807) is 0 Å². The van der Waals surface area contributed by atoms with Crippen LogP contribution in [0.15, 0.2) is 24.3 Å². The molecule has 1 N–H and O–H groups in total. The molecule has 1 aromatic carbocycles. The lowest BCUT2D eigenvalue weighted by atomic mass is 9.67. The van der Waals surface area contributed by atoms with Gasteiger partial charge < -0.3 is 5.11 Å². The number of aliphatic hydroxyl groups is 1. The summed E-state index contributed by atoms with van der Waals surface area (Å²) < 4.78 is 0. The zero-order valence-corrected chi connectivity index (χ0v) is 13.3. The number of ketones is 1. The van der Waals surface area contributed by atoms with E-state index in [2.05, 4.69) is 20.8 Å². The van der Waals surface area contributed by atoms with Crippen molar-refractivity contribution in [3.8, 4) is 0 Å². The number of rotatable bonds is 3. The molecule has 22 heavy (non-hydrogen) atoms. The van der Waals surface area contributed by atoms with Gasteiger partial charge in [0.1, 0.15) is 5.78 Å². The summed E-state index contributed by atoms with van der Waals surface area (Å²) in [6.45, 7) is 6.47. The summed E-state index contributed by atoms with van der Waals surface area (Å²) in [6, 6.07) is 5.81. The quantitative estimate of drug-likeness (QED) is 0.682. The molecule has 0 unspecified atom stereocenters. The van der Waals surface area contributed by atoms with E-state index in [1.165, 1.54) is 24.3 Å². The van der Waals surface area contributed by atoms with Crippen molar-refractivity contribution >= 4 is 11.5 Å². The highest BCUT2D eigenvalue weighted by atomic mass is 16.6. The Bertz CT molecular complexity index is 559. The minimum Gasteiger partial charge on any atom is -0.388 e. The van der Waals surface area contributed by atoms with Gasteiger partial charge in [-0.15, -0.1) is 0 Å². The van der Waals surface area contributed by atoms with Crippen LogP contribution in [0.25, 0.3) is 0 Å². The normalized spacial score (nSPS) is 24.1. The first-order valence-corrected chi connectivity index (χ1v) is 7.65. The predicted octanol–water partition coefficient (Wildman–Crippen LogP) is 3.66. The average molecular weight is 305 g/mol. The summed E-state index contributed by atoms with van der Waals surface area (Å²) >= 11 is 0. The third-order valence-electron chi connectivity index (χ3n) is 4.74. The largest absolute Gasteiger partial charge is 0.388 e. The Morgan fingerprint density at radius 3 is 2.36 bits per heavy atom. The lowest BCUT2D eigenvalue weighted by molar-refractivity contribution is -0.384. The molecular weight excluding hydrogens is 282 g/mol. The summed E-state index contributed by atoms with van der Waals surface area (Å²) in [6.07, 6.45) is 1.14. The molecular formula is C17H23NO4. The van der Waals surface area contributed by atoms with Crippen molar-refractivity contribution in [1.82, 2.24) is 0 Å². The first-order valence-electron chi connectivity index (χ1n) is 7.65. The number of Topliss-reactive ketones (excluding diaryl/α,β-unsaturated/α-hetero) is 1. The minimum atomic E-state index is -0.890. The van der Waals surface area contributed by atoms with Gasteiger partial charge in [-0.2, -0.15) is 0 Å². The maximum Gasteiger partial charge on any atom is 0.269 e. The van der Waals surface area contributed by atoms with E-state index < -0.39 is 16.9 Å². The molecule has 0 heterocycles. The minimum absolute atomic E-state index is 0.0153. The molecule has 2 rings (SSSR count). The van der Waals surface area contributed by atoms with Crippen LogP contribution in [0.2, 0.25) is 0 Å². The summed E-state index contributed by atoms with van der Waals surface area (Å²) in [7, 11) is 0. The van der Waals surface area contributed by atoms with E-state index >= 15 is 0 Å². The van der Waals surface area contributed by atoms with Crippen LogP contribution in [0.1, 0.15) is 51.7 Å². The molecule has 1 aromatic rings. The van der Waals surface area contributed by atoms with Crippen molar-refractivity contribution in [3.05, 3.63) is 39.9 Å². The van der Waals surface area contributed by atoms with E-state index in [1.807, 2.05) is 0 Å². The number of nitro benzene ring substituents is 1. The number of aliphatic hydroxyl groups excluding tert-OH is 1. The lowest BCUT2D eigenvalue weighted by Crippen LogP contribution is -2.35. The van der Waals surface area contributed by atoms with Crippen LogP contribution in [-0.4, -0.2) is 15.8 Å². The van der Waals surface area contributed by atoms with Gasteiger partial charge in [0.15, 0.2) is 0 Å². The van der Waals surface area contributed by atoms with Gasteiger partial charge in [0.25, 0.3) is 5.69 Å². The second-order valence-electron chi connectivity index (χ2n) is 7.20. The Kier molecular flexibility index (Phi) is 4.66. The molecule has 0 spiro atoms. The Hall–Kier alpha value is -1.75. The smallest absolute Gasteiger partial charge is 0.269 e. The molecule has 1 aliphatic carbocycles. The van der Waals surface area contributed by atoms with Crippen LogP contribution in [-0.2, 0) is 4.79 Å². The fraction of sp³-hybridized carbons (Fsp3) is 0.588. The van der Waals surface area contributed by atoms with Crippen LogP contribution in [0, 0.1) is 27.4 Å². The van der Waals surface area contributed by atoms with Crippen LogP contribution < -0.4 is 0 Å². The molecule has 3 atom stereocenters. The highest BCUT2D eigenvalue weighted by molar-refractivity contribution is 5.82. The average Bonchev–Trinajstić information content (AvgIpc) is 2.46. The van der Waals surface area contributed by atoms with Crippen LogP contribution in [0.5, 0.6) is 0 Å². The van der Waals surface area contributed by atoms with Gasteiger partial charge in [-0.05, 0) is 41.9 Å². The third kappa shape index (κ3) is 3.53. The Morgan fingerprint density at radius 1 is 1.27 bits per heavy atom. The molecule has 0 amide bonds. The van der Waals surface area contributed by atoms with E-state index in [9.17, 15) is 20.0 Å². The van der Waals surface area contributed by atoms with Crippen molar-refractivity contribution in [1.29, 1.82) is 0 Å². The molecule has 1 saturated carbocycles. The van der Waals surface area contributed by atoms with Gasteiger partial charge in [0.2, 0.25) is 0 Å². The summed E-state index contributed by atoms with van der Waals surface area (Å²) in [4.78, 5) is 22.4. The second-order valence-corrected chi connectivity index (χ2v) is 7.20. The number of nitro groups is 1. The number of benzene rings is 1. The topological polar surface area (TPSA) is 80.4 Å².